The number of hydrogen-bond donors (Lipinski definition) is 1. The lowest BCUT2D eigenvalue weighted by Crippen LogP contribution is -2.45. The third kappa shape index (κ3) is 3.09. The van der Waals surface area contributed by atoms with Gasteiger partial charge in [0.15, 0.2) is 0 Å². The number of benzene rings is 1. The Balaban J connectivity index is 2.41. The molecular formula is C18H29NO2. The average Bonchev–Trinajstić information content (AvgIpc) is 2.50. The summed E-state index contributed by atoms with van der Waals surface area (Å²) in [4.78, 5) is 0. The fourth-order valence-electron chi connectivity index (χ4n) is 3.59. The van der Waals surface area contributed by atoms with Crippen molar-refractivity contribution in [1.29, 1.82) is 0 Å². The molecule has 1 fully saturated rings. The van der Waals surface area contributed by atoms with E-state index in [2.05, 4.69) is 32.9 Å². The van der Waals surface area contributed by atoms with Crippen molar-refractivity contribution in [2.45, 2.75) is 64.5 Å². The monoisotopic (exact) mass is 291 g/mol. The van der Waals surface area contributed by atoms with Gasteiger partial charge in [-0.3, -0.25) is 0 Å². The van der Waals surface area contributed by atoms with Gasteiger partial charge in [-0.15, -0.1) is 0 Å². The number of ether oxygens (including phenoxy) is 2. The van der Waals surface area contributed by atoms with E-state index in [0.29, 0.717) is 6.61 Å². The average molecular weight is 291 g/mol. The van der Waals surface area contributed by atoms with E-state index >= 15 is 0 Å². The van der Waals surface area contributed by atoms with Gasteiger partial charge in [-0.25, -0.2) is 0 Å². The second-order valence-electron chi connectivity index (χ2n) is 6.17. The van der Waals surface area contributed by atoms with Gasteiger partial charge in [-0.05, 0) is 44.7 Å². The first-order valence-corrected chi connectivity index (χ1v) is 8.09. The maximum absolute atomic E-state index is 6.68. The van der Waals surface area contributed by atoms with Crippen molar-refractivity contribution < 1.29 is 9.47 Å². The van der Waals surface area contributed by atoms with Crippen molar-refractivity contribution in [3.8, 4) is 5.75 Å². The van der Waals surface area contributed by atoms with Gasteiger partial charge in [0.05, 0.1) is 18.8 Å². The van der Waals surface area contributed by atoms with E-state index in [4.69, 9.17) is 15.2 Å². The second kappa shape index (κ2) is 6.80. The molecule has 2 rings (SSSR count). The Morgan fingerprint density at radius 2 is 1.86 bits per heavy atom. The van der Waals surface area contributed by atoms with Crippen LogP contribution >= 0.6 is 0 Å². The van der Waals surface area contributed by atoms with Crippen LogP contribution < -0.4 is 10.5 Å². The van der Waals surface area contributed by atoms with Crippen LogP contribution in [0.25, 0.3) is 0 Å². The minimum Gasteiger partial charge on any atom is -0.496 e. The summed E-state index contributed by atoms with van der Waals surface area (Å²) in [5.74, 6) is 0.923. The van der Waals surface area contributed by atoms with E-state index in [9.17, 15) is 0 Å². The third-order valence-corrected chi connectivity index (χ3v) is 4.94. The summed E-state index contributed by atoms with van der Waals surface area (Å²) < 4.78 is 11.8. The first kappa shape index (κ1) is 16.3. The van der Waals surface area contributed by atoms with Crippen LogP contribution in [-0.4, -0.2) is 19.3 Å². The number of hydrogen-bond acceptors (Lipinski definition) is 3. The molecule has 3 nitrogen and oxygen atoms in total. The van der Waals surface area contributed by atoms with Crippen molar-refractivity contribution in [2.75, 3.05) is 13.7 Å². The molecule has 118 valence electrons. The maximum atomic E-state index is 6.68. The molecule has 1 aromatic rings. The molecule has 0 saturated heterocycles. The lowest BCUT2D eigenvalue weighted by atomic mass is 9.76. The third-order valence-electron chi connectivity index (χ3n) is 4.94. The Labute approximate surface area is 128 Å². The number of aryl methyl sites for hydroxylation is 1. The van der Waals surface area contributed by atoms with Crippen molar-refractivity contribution >= 4 is 0 Å². The first-order chi connectivity index (χ1) is 10.1. The molecule has 0 radical (unpaired) electrons. The Hall–Kier alpha value is -1.06. The Kier molecular flexibility index (Phi) is 5.28. The summed E-state index contributed by atoms with van der Waals surface area (Å²) in [6, 6.07) is 4.11. The Morgan fingerprint density at radius 1 is 1.19 bits per heavy atom. The zero-order chi connectivity index (χ0) is 15.5. The summed E-state index contributed by atoms with van der Waals surface area (Å²) in [6.07, 6.45) is 5.75. The first-order valence-electron chi connectivity index (χ1n) is 8.09. The van der Waals surface area contributed by atoms with Gasteiger partial charge in [-0.2, -0.15) is 0 Å². The molecule has 0 aromatic heterocycles. The van der Waals surface area contributed by atoms with Crippen molar-refractivity contribution in [3.05, 3.63) is 28.8 Å². The van der Waals surface area contributed by atoms with Crippen molar-refractivity contribution in [2.24, 2.45) is 5.73 Å². The van der Waals surface area contributed by atoms with Crippen LogP contribution in [0.15, 0.2) is 12.1 Å². The minimum absolute atomic E-state index is 0.132. The highest BCUT2D eigenvalue weighted by atomic mass is 16.5. The van der Waals surface area contributed by atoms with Gasteiger partial charge in [0.2, 0.25) is 0 Å². The molecule has 1 atom stereocenters. The topological polar surface area (TPSA) is 44.5 Å². The van der Waals surface area contributed by atoms with Gasteiger partial charge >= 0.3 is 0 Å². The minimum atomic E-state index is -0.234. The molecule has 3 heteroatoms. The SMILES string of the molecule is CCOC1(C(N)c2ccc(C)c(C)c2OC)CCCCC1. The molecule has 0 heterocycles. The predicted octanol–water partition coefficient (Wildman–Crippen LogP) is 4.05. The predicted molar refractivity (Wildman–Crippen MR) is 86.8 cm³/mol. The van der Waals surface area contributed by atoms with Crippen LogP contribution in [0.3, 0.4) is 0 Å². The second-order valence-corrected chi connectivity index (χ2v) is 6.17. The molecule has 1 aromatic carbocycles. The molecule has 1 aliphatic rings. The highest BCUT2D eigenvalue weighted by Gasteiger charge is 2.40. The fourth-order valence-corrected chi connectivity index (χ4v) is 3.59. The molecule has 0 amide bonds. The molecule has 21 heavy (non-hydrogen) atoms. The molecule has 2 N–H and O–H groups in total. The number of rotatable bonds is 5. The molecule has 1 aliphatic carbocycles. The van der Waals surface area contributed by atoms with Crippen molar-refractivity contribution in [3.63, 3.8) is 0 Å². The van der Waals surface area contributed by atoms with Crippen LogP contribution in [0, 0.1) is 13.8 Å². The summed E-state index contributed by atoms with van der Waals surface area (Å²) in [5, 5.41) is 0. The van der Waals surface area contributed by atoms with Gasteiger partial charge in [0.25, 0.3) is 0 Å². The van der Waals surface area contributed by atoms with E-state index in [1.807, 2.05) is 0 Å². The highest BCUT2D eigenvalue weighted by molar-refractivity contribution is 5.47. The smallest absolute Gasteiger partial charge is 0.126 e. The van der Waals surface area contributed by atoms with E-state index in [1.165, 1.54) is 30.4 Å². The van der Waals surface area contributed by atoms with Crippen LogP contribution in [0.1, 0.15) is 61.8 Å². The standard InChI is InChI=1S/C18H29NO2/c1-5-21-18(11-7-6-8-12-18)17(19)15-10-9-13(2)14(3)16(15)20-4/h9-10,17H,5-8,11-12,19H2,1-4H3. The van der Waals surface area contributed by atoms with Gasteiger partial charge in [0, 0.05) is 12.2 Å². The van der Waals surface area contributed by atoms with Crippen LogP contribution in [0.5, 0.6) is 5.75 Å². The highest BCUT2D eigenvalue weighted by Crippen LogP contribution is 2.43. The van der Waals surface area contributed by atoms with E-state index < -0.39 is 0 Å². The largest absolute Gasteiger partial charge is 0.496 e. The van der Waals surface area contributed by atoms with E-state index in [1.54, 1.807) is 7.11 Å². The van der Waals surface area contributed by atoms with Crippen LogP contribution in [0.4, 0.5) is 0 Å². The zero-order valence-corrected chi connectivity index (χ0v) is 13.9. The van der Waals surface area contributed by atoms with Crippen molar-refractivity contribution in [1.82, 2.24) is 0 Å². The molecule has 0 aliphatic heterocycles. The molecule has 0 bridgehead atoms. The molecule has 1 saturated carbocycles. The quantitative estimate of drug-likeness (QED) is 0.890. The van der Waals surface area contributed by atoms with Crippen LogP contribution in [0.2, 0.25) is 0 Å². The molecule has 1 unspecified atom stereocenters. The lowest BCUT2D eigenvalue weighted by Gasteiger charge is -2.42. The van der Waals surface area contributed by atoms with Gasteiger partial charge < -0.3 is 15.2 Å². The number of methoxy groups -OCH3 is 1. The van der Waals surface area contributed by atoms with E-state index in [-0.39, 0.29) is 11.6 Å². The molecular weight excluding hydrogens is 262 g/mol. The maximum Gasteiger partial charge on any atom is 0.126 e. The summed E-state index contributed by atoms with van der Waals surface area (Å²) in [6.45, 7) is 6.96. The zero-order valence-electron chi connectivity index (χ0n) is 13.9. The lowest BCUT2D eigenvalue weighted by molar-refractivity contribution is -0.0834. The summed E-state index contributed by atoms with van der Waals surface area (Å²) in [7, 11) is 1.73. The van der Waals surface area contributed by atoms with Gasteiger partial charge in [-0.1, -0.05) is 31.4 Å². The molecule has 0 spiro atoms. The summed E-state index contributed by atoms with van der Waals surface area (Å²) >= 11 is 0. The van der Waals surface area contributed by atoms with Crippen LogP contribution in [-0.2, 0) is 4.74 Å². The summed E-state index contributed by atoms with van der Waals surface area (Å²) in [5.41, 5.74) is 9.93. The van der Waals surface area contributed by atoms with Gasteiger partial charge in [0.1, 0.15) is 5.75 Å². The normalized spacial score (nSPS) is 19.3. The van der Waals surface area contributed by atoms with E-state index in [0.717, 1.165) is 24.2 Å². The Bertz CT molecular complexity index is 473. The Morgan fingerprint density at radius 3 is 2.43 bits per heavy atom. The fraction of sp³-hybridized carbons (Fsp3) is 0.667. The number of nitrogens with two attached hydrogens (primary N) is 1.